The minimum atomic E-state index is 0.0751. The summed E-state index contributed by atoms with van der Waals surface area (Å²) < 4.78 is 11.8. The van der Waals surface area contributed by atoms with Gasteiger partial charge in [0.1, 0.15) is 6.67 Å². The molecule has 0 spiro atoms. The summed E-state index contributed by atoms with van der Waals surface area (Å²) in [5, 5.41) is 2.59. The number of fused-ring (bicyclic) bond motifs is 1. The molecule has 0 radical (unpaired) electrons. The molecule has 0 N–H and O–H groups in total. The lowest BCUT2D eigenvalue weighted by atomic mass is 10.0. The fourth-order valence-electron chi connectivity index (χ4n) is 3.84. The van der Waals surface area contributed by atoms with Gasteiger partial charge in [-0.05, 0) is 61.4 Å². The SMILES string of the molecule is CC[C@@H](C)Oc1cc2c(cc1OC)=NCN(c1ccc(N(C)C)cc1)C=2c1ccc(Cl)cc1. The van der Waals surface area contributed by atoms with Crippen molar-refractivity contribution < 1.29 is 9.47 Å². The summed E-state index contributed by atoms with van der Waals surface area (Å²) in [6.07, 6.45) is 0.981. The lowest BCUT2D eigenvalue weighted by Crippen LogP contribution is -2.41. The van der Waals surface area contributed by atoms with E-state index in [0.29, 0.717) is 17.4 Å². The Hall–Kier alpha value is -3.18. The Morgan fingerprint density at radius 1 is 1.03 bits per heavy atom. The van der Waals surface area contributed by atoms with Crippen molar-refractivity contribution in [3.05, 3.63) is 81.8 Å². The van der Waals surface area contributed by atoms with Crippen molar-refractivity contribution in [3.8, 4) is 11.5 Å². The molecule has 172 valence electrons. The van der Waals surface area contributed by atoms with Crippen LogP contribution in [0.5, 0.6) is 11.5 Å². The zero-order chi connectivity index (χ0) is 23.5. The third kappa shape index (κ3) is 4.79. The molecule has 0 fully saturated rings. The molecule has 1 aliphatic rings. The second kappa shape index (κ2) is 9.75. The third-order valence-electron chi connectivity index (χ3n) is 5.89. The van der Waals surface area contributed by atoms with E-state index in [0.717, 1.165) is 45.4 Å². The molecular formula is C27H30ClN3O2. The van der Waals surface area contributed by atoms with Gasteiger partial charge in [0.25, 0.3) is 0 Å². The average molecular weight is 464 g/mol. The van der Waals surface area contributed by atoms with Crippen molar-refractivity contribution in [2.75, 3.05) is 37.7 Å². The first-order valence-corrected chi connectivity index (χ1v) is 11.5. The molecule has 0 saturated heterocycles. The first kappa shape index (κ1) is 23.0. The molecule has 33 heavy (non-hydrogen) atoms. The zero-order valence-corrected chi connectivity index (χ0v) is 20.6. The number of benzene rings is 3. The Balaban J connectivity index is 1.95. The maximum Gasteiger partial charge on any atom is 0.162 e. The number of methoxy groups -OCH3 is 1. The predicted octanol–water partition coefficient (Wildman–Crippen LogP) is 4.85. The van der Waals surface area contributed by atoms with Gasteiger partial charge in [0.2, 0.25) is 0 Å². The smallest absolute Gasteiger partial charge is 0.162 e. The quantitative estimate of drug-likeness (QED) is 0.502. The van der Waals surface area contributed by atoms with Gasteiger partial charge in [0, 0.05) is 41.8 Å². The topological polar surface area (TPSA) is 37.3 Å². The van der Waals surface area contributed by atoms with Crippen LogP contribution in [-0.4, -0.2) is 34.0 Å². The molecule has 0 aliphatic carbocycles. The second-order valence-electron chi connectivity index (χ2n) is 8.35. The van der Waals surface area contributed by atoms with Gasteiger partial charge in [-0.2, -0.15) is 0 Å². The third-order valence-corrected chi connectivity index (χ3v) is 6.14. The summed E-state index contributed by atoms with van der Waals surface area (Å²) in [7, 11) is 5.74. The molecule has 0 bridgehead atoms. The molecule has 6 heteroatoms. The molecule has 0 saturated carbocycles. The van der Waals surface area contributed by atoms with Gasteiger partial charge >= 0.3 is 0 Å². The van der Waals surface area contributed by atoms with Crippen molar-refractivity contribution in [2.45, 2.75) is 26.4 Å². The van der Waals surface area contributed by atoms with E-state index in [1.54, 1.807) is 7.11 Å². The Morgan fingerprint density at radius 2 is 1.73 bits per heavy atom. The molecule has 5 nitrogen and oxygen atoms in total. The summed E-state index contributed by atoms with van der Waals surface area (Å²) in [4.78, 5) is 9.20. The van der Waals surface area contributed by atoms with Gasteiger partial charge in [-0.3, -0.25) is 4.99 Å². The minimum Gasteiger partial charge on any atom is -0.493 e. The van der Waals surface area contributed by atoms with Gasteiger partial charge in [0.15, 0.2) is 11.5 Å². The number of hydrogen-bond donors (Lipinski definition) is 0. The van der Waals surface area contributed by atoms with Crippen LogP contribution in [0.3, 0.4) is 0 Å². The average Bonchev–Trinajstić information content (AvgIpc) is 2.83. The molecule has 0 aromatic heterocycles. The Labute approximate surface area is 200 Å². The van der Waals surface area contributed by atoms with Crippen molar-refractivity contribution in [3.63, 3.8) is 0 Å². The van der Waals surface area contributed by atoms with Crippen molar-refractivity contribution >= 4 is 28.7 Å². The van der Waals surface area contributed by atoms with Crippen LogP contribution < -0.4 is 29.8 Å². The van der Waals surface area contributed by atoms with Crippen LogP contribution in [0.1, 0.15) is 25.8 Å². The lowest BCUT2D eigenvalue weighted by Gasteiger charge is -2.29. The summed E-state index contributed by atoms with van der Waals surface area (Å²) in [5.74, 6) is 1.41. The number of halogens is 1. The van der Waals surface area contributed by atoms with Crippen molar-refractivity contribution in [2.24, 2.45) is 4.99 Å². The molecule has 1 heterocycles. The maximum absolute atomic E-state index is 6.21. The van der Waals surface area contributed by atoms with E-state index in [2.05, 4.69) is 47.9 Å². The van der Waals surface area contributed by atoms with Gasteiger partial charge in [-0.25, -0.2) is 0 Å². The fourth-order valence-corrected chi connectivity index (χ4v) is 3.97. The molecule has 3 aromatic rings. The fraction of sp³-hybridized carbons (Fsp3) is 0.296. The van der Waals surface area contributed by atoms with Gasteiger partial charge in [-0.15, -0.1) is 0 Å². The van der Waals surface area contributed by atoms with E-state index in [1.165, 1.54) is 0 Å². The first-order chi connectivity index (χ1) is 15.9. The molecule has 1 aliphatic heterocycles. The van der Waals surface area contributed by atoms with E-state index in [4.69, 9.17) is 26.1 Å². The minimum absolute atomic E-state index is 0.0751. The lowest BCUT2D eigenvalue weighted by molar-refractivity contribution is 0.207. The van der Waals surface area contributed by atoms with Crippen LogP contribution >= 0.6 is 11.6 Å². The van der Waals surface area contributed by atoms with E-state index >= 15 is 0 Å². The Kier molecular flexibility index (Phi) is 6.80. The Morgan fingerprint density at radius 3 is 2.33 bits per heavy atom. The van der Waals surface area contributed by atoms with Crippen LogP contribution in [0.2, 0.25) is 5.02 Å². The molecule has 1 atom stereocenters. The molecular weight excluding hydrogens is 434 g/mol. The highest BCUT2D eigenvalue weighted by Gasteiger charge is 2.21. The molecule has 0 amide bonds. The highest BCUT2D eigenvalue weighted by Crippen LogP contribution is 2.30. The molecule has 4 rings (SSSR count). The van der Waals surface area contributed by atoms with Crippen LogP contribution in [0.4, 0.5) is 11.4 Å². The maximum atomic E-state index is 6.21. The van der Waals surface area contributed by atoms with Gasteiger partial charge in [0.05, 0.1) is 24.3 Å². The summed E-state index contributed by atoms with van der Waals surface area (Å²) in [6, 6.07) is 20.5. The van der Waals surface area contributed by atoms with E-state index < -0.39 is 0 Å². The number of anilines is 2. The van der Waals surface area contributed by atoms with Crippen LogP contribution in [0, 0.1) is 0 Å². The Bertz CT molecular complexity index is 1240. The van der Waals surface area contributed by atoms with E-state index in [-0.39, 0.29) is 6.10 Å². The molecule has 3 aromatic carbocycles. The van der Waals surface area contributed by atoms with E-state index in [9.17, 15) is 0 Å². The molecule has 0 unspecified atom stereocenters. The number of nitrogens with zero attached hydrogens (tertiary/aromatic N) is 3. The zero-order valence-electron chi connectivity index (χ0n) is 19.8. The van der Waals surface area contributed by atoms with Gasteiger partial charge in [-0.1, -0.05) is 30.7 Å². The standard InChI is InChI=1S/C27H30ClN3O2/c1-6-18(2)33-26-15-23-24(16-25(26)32-5)29-17-31(22-13-11-21(12-14-22)30(3)4)27(23)19-7-9-20(28)10-8-19/h7-16,18H,6,17H2,1-5H3/t18-/m1/s1. The van der Waals surface area contributed by atoms with Crippen LogP contribution in [0.25, 0.3) is 5.70 Å². The van der Waals surface area contributed by atoms with E-state index in [1.807, 2.05) is 50.5 Å². The van der Waals surface area contributed by atoms with Crippen LogP contribution in [0.15, 0.2) is 65.7 Å². The van der Waals surface area contributed by atoms with Crippen molar-refractivity contribution in [1.82, 2.24) is 0 Å². The largest absolute Gasteiger partial charge is 0.493 e. The van der Waals surface area contributed by atoms with Crippen molar-refractivity contribution in [1.29, 1.82) is 0 Å². The summed E-state index contributed by atoms with van der Waals surface area (Å²) in [6.45, 7) is 4.67. The number of ether oxygens (including phenoxy) is 2. The first-order valence-electron chi connectivity index (χ1n) is 11.2. The monoisotopic (exact) mass is 463 g/mol. The normalized spacial score (nSPS) is 13.8. The highest BCUT2D eigenvalue weighted by molar-refractivity contribution is 6.30. The second-order valence-corrected chi connectivity index (χ2v) is 8.79. The van der Waals surface area contributed by atoms with Gasteiger partial charge < -0.3 is 19.3 Å². The number of rotatable bonds is 7. The highest BCUT2D eigenvalue weighted by atomic mass is 35.5. The predicted molar refractivity (Wildman–Crippen MR) is 136 cm³/mol. The van der Waals surface area contributed by atoms with Crippen LogP contribution in [-0.2, 0) is 0 Å². The summed E-state index contributed by atoms with van der Waals surface area (Å²) in [5.41, 5.74) is 4.34. The number of hydrogen-bond acceptors (Lipinski definition) is 5. The summed E-state index contributed by atoms with van der Waals surface area (Å²) >= 11 is 6.21.